The number of rotatable bonds is 4. The van der Waals surface area contributed by atoms with Crippen LogP contribution in [-0.2, 0) is 6.18 Å². The van der Waals surface area contributed by atoms with Crippen LogP contribution in [-0.4, -0.2) is 7.11 Å². The molecule has 0 unspecified atom stereocenters. The van der Waals surface area contributed by atoms with Crippen LogP contribution in [0.3, 0.4) is 0 Å². The van der Waals surface area contributed by atoms with Crippen LogP contribution < -0.4 is 10.1 Å². The van der Waals surface area contributed by atoms with E-state index >= 15 is 0 Å². The fourth-order valence-corrected chi connectivity index (χ4v) is 2.00. The van der Waals surface area contributed by atoms with Gasteiger partial charge in [-0.2, -0.15) is 13.2 Å². The topological polar surface area (TPSA) is 21.3 Å². The van der Waals surface area contributed by atoms with Gasteiger partial charge in [0.2, 0.25) is 0 Å². The van der Waals surface area contributed by atoms with Crippen molar-refractivity contribution in [3.8, 4) is 5.75 Å². The number of nitrogens with one attached hydrogen (secondary N) is 1. The summed E-state index contributed by atoms with van der Waals surface area (Å²) in [7, 11) is 1.58. The first kappa shape index (κ1) is 15.2. The molecule has 1 N–H and O–H groups in total. The van der Waals surface area contributed by atoms with E-state index in [-0.39, 0.29) is 6.04 Å². The third kappa shape index (κ3) is 3.90. The van der Waals surface area contributed by atoms with Gasteiger partial charge in [-0.1, -0.05) is 12.1 Å². The van der Waals surface area contributed by atoms with Crippen molar-refractivity contribution in [2.24, 2.45) is 0 Å². The van der Waals surface area contributed by atoms with Crippen LogP contribution in [0.1, 0.15) is 24.1 Å². The highest BCUT2D eigenvalue weighted by molar-refractivity contribution is 5.48. The molecule has 5 heteroatoms. The first-order valence-corrected chi connectivity index (χ1v) is 6.48. The van der Waals surface area contributed by atoms with Crippen molar-refractivity contribution in [3.05, 3.63) is 59.7 Å². The molecule has 0 bridgehead atoms. The lowest BCUT2D eigenvalue weighted by Crippen LogP contribution is -2.10. The second-order valence-corrected chi connectivity index (χ2v) is 4.72. The number of hydrogen-bond acceptors (Lipinski definition) is 2. The summed E-state index contributed by atoms with van der Waals surface area (Å²) in [5, 5.41) is 3.17. The smallest absolute Gasteiger partial charge is 0.416 e. The number of methoxy groups -OCH3 is 1. The zero-order valence-corrected chi connectivity index (χ0v) is 11.7. The largest absolute Gasteiger partial charge is 0.497 e. The molecule has 0 saturated carbocycles. The van der Waals surface area contributed by atoms with Gasteiger partial charge < -0.3 is 10.1 Å². The minimum absolute atomic E-state index is 0.235. The van der Waals surface area contributed by atoms with Gasteiger partial charge in [-0.3, -0.25) is 0 Å². The van der Waals surface area contributed by atoms with Crippen molar-refractivity contribution in [1.29, 1.82) is 0 Å². The van der Waals surface area contributed by atoms with E-state index in [1.54, 1.807) is 25.3 Å². The molecule has 0 heterocycles. The maximum absolute atomic E-state index is 12.7. The van der Waals surface area contributed by atoms with Gasteiger partial charge in [0.15, 0.2) is 0 Å². The van der Waals surface area contributed by atoms with Gasteiger partial charge in [0, 0.05) is 11.7 Å². The van der Waals surface area contributed by atoms with Crippen molar-refractivity contribution < 1.29 is 17.9 Å². The van der Waals surface area contributed by atoms with Crippen molar-refractivity contribution in [2.45, 2.75) is 19.1 Å². The minimum Gasteiger partial charge on any atom is -0.497 e. The van der Waals surface area contributed by atoms with Gasteiger partial charge in [-0.15, -0.1) is 0 Å². The Morgan fingerprint density at radius 2 is 1.71 bits per heavy atom. The van der Waals surface area contributed by atoms with Gasteiger partial charge >= 0.3 is 6.18 Å². The molecule has 112 valence electrons. The van der Waals surface area contributed by atoms with Crippen molar-refractivity contribution in [3.63, 3.8) is 0 Å². The molecule has 0 amide bonds. The third-order valence-corrected chi connectivity index (χ3v) is 3.19. The number of hydrogen-bond donors (Lipinski definition) is 1. The summed E-state index contributed by atoms with van der Waals surface area (Å²) in [4.78, 5) is 0. The van der Waals surface area contributed by atoms with Gasteiger partial charge in [0.1, 0.15) is 5.75 Å². The standard InChI is InChI=1S/C16H16F3NO/c1-11(20-14-6-8-15(21-2)9-7-14)12-4-3-5-13(10-12)16(17,18)19/h3-11,20H,1-2H3/t11-/m0/s1. The maximum Gasteiger partial charge on any atom is 0.416 e. The molecule has 0 aliphatic carbocycles. The van der Waals surface area contributed by atoms with Crippen LogP contribution in [0, 0.1) is 0 Å². The van der Waals surface area contributed by atoms with Gasteiger partial charge in [0.05, 0.1) is 12.7 Å². The van der Waals surface area contributed by atoms with E-state index < -0.39 is 11.7 Å². The summed E-state index contributed by atoms with van der Waals surface area (Å²) in [6, 6.07) is 12.3. The predicted octanol–water partition coefficient (Wildman–Crippen LogP) is 4.89. The summed E-state index contributed by atoms with van der Waals surface area (Å²) in [5.74, 6) is 0.729. The summed E-state index contributed by atoms with van der Waals surface area (Å²) in [5.41, 5.74) is 0.768. The average molecular weight is 295 g/mol. The number of benzene rings is 2. The normalized spacial score (nSPS) is 12.8. The van der Waals surface area contributed by atoms with E-state index in [9.17, 15) is 13.2 Å². The van der Waals surface area contributed by atoms with Crippen molar-refractivity contribution in [2.75, 3.05) is 12.4 Å². The molecule has 1 atom stereocenters. The average Bonchev–Trinajstić information content (AvgIpc) is 2.47. The number of halogens is 3. The lowest BCUT2D eigenvalue weighted by Gasteiger charge is -2.17. The molecule has 0 saturated heterocycles. The van der Waals surface area contributed by atoms with Gasteiger partial charge in [-0.05, 0) is 48.9 Å². The van der Waals surface area contributed by atoms with Crippen LogP contribution in [0.5, 0.6) is 5.75 Å². The molecule has 0 radical (unpaired) electrons. The zero-order chi connectivity index (χ0) is 15.5. The molecule has 2 nitrogen and oxygen atoms in total. The van der Waals surface area contributed by atoms with E-state index in [0.717, 1.165) is 17.5 Å². The molecule has 0 fully saturated rings. The fraction of sp³-hybridized carbons (Fsp3) is 0.250. The van der Waals surface area contributed by atoms with E-state index in [0.29, 0.717) is 5.56 Å². The Morgan fingerprint density at radius 1 is 1.05 bits per heavy atom. The van der Waals surface area contributed by atoms with Crippen LogP contribution in [0.25, 0.3) is 0 Å². The Kier molecular flexibility index (Phi) is 4.40. The van der Waals surface area contributed by atoms with Crippen molar-refractivity contribution in [1.82, 2.24) is 0 Å². The molecular formula is C16H16F3NO. The summed E-state index contributed by atoms with van der Waals surface area (Å²) in [6.45, 7) is 1.82. The highest BCUT2D eigenvalue weighted by Crippen LogP contribution is 2.31. The summed E-state index contributed by atoms with van der Waals surface area (Å²) >= 11 is 0. The second kappa shape index (κ2) is 6.08. The number of ether oxygens (including phenoxy) is 1. The Hall–Kier alpha value is -2.17. The highest BCUT2D eigenvalue weighted by atomic mass is 19.4. The molecule has 2 aromatic rings. The highest BCUT2D eigenvalue weighted by Gasteiger charge is 2.30. The minimum atomic E-state index is -4.32. The van der Waals surface area contributed by atoms with Crippen LogP contribution in [0.15, 0.2) is 48.5 Å². The number of anilines is 1. The first-order chi connectivity index (χ1) is 9.90. The third-order valence-electron chi connectivity index (χ3n) is 3.19. The van der Waals surface area contributed by atoms with Crippen LogP contribution in [0.2, 0.25) is 0 Å². The zero-order valence-electron chi connectivity index (χ0n) is 11.7. The molecule has 0 spiro atoms. The Morgan fingerprint density at radius 3 is 2.29 bits per heavy atom. The fourth-order valence-electron chi connectivity index (χ4n) is 2.00. The van der Waals surface area contributed by atoms with E-state index in [1.165, 1.54) is 12.1 Å². The molecule has 2 aromatic carbocycles. The Balaban J connectivity index is 2.14. The van der Waals surface area contributed by atoms with Crippen molar-refractivity contribution >= 4 is 5.69 Å². The SMILES string of the molecule is COc1ccc(N[C@@H](C)c2cccc(C(F)(F)F)c2)cc1. The van der Waals surface area contributed by atoms with Crippen LogP contribution >= 0.6 is 0 Å². The quantitative estimate of drug-likeness (QED) is 0.867. The molecule has 2 rings (SSSR count). The molecular weight excluding hydrogens is 279 g/mol. The summed E-state index contributed by atoms with van der Waals surface area (Å²) in [6.07, 6.45) is -4.32. The lowest BCUT2D eigenvalue weighted by molar-refractivity contribution is -0.137. The van der Waals surface area contributed by atoms with E-state index in [2.05, 4.69) is 5.32 Å². The van der Waals surface area contributed by atoms with Gasteiger partial charge in [-0.25, -0.2) is 0 Å². The molecule has 0 aromatic heterocycles. The first-order valence-electron chi connectivity index (χ1n) is 6.48. The van der Waals surface area contributed by atoms with Crippen LogP contribution in [0.4, 0.5) is 18.9 Å². The Labute approximate surface area is 121 Å². The van der Waals surface area contributed by atoms with E-state index in [4.69, 9.17) is 4.74 Å². The maximum atomic E-state index is 12.7. The molecule has 21 heavy (non-hydrogen) atoms. The summed E-state index contributed by atoms with van der Waals surface area (Å²) < 4.78 is 43.2. The Bertz CT molecular complexity index is 593. The van der Waals surface area contributed by atoms with E-state index in [1.807, 2.05) is 19.1 Å². The monoisotopic (exact) mass is 295 g/mol. The number of alkyl halides is 3. The molecule has 0 aliphatic heterocycles. The second-order valence-electron chi connectivity index (χ2n) is 4.72. The van der Waals surface area contributed by atoms with Gasteiger partial charge in [0.25, 0.3) is 0 Å². The predicted molar refractivity (Wildman–Crippen MR) is 76.5 cm³/mol. The lowest BCUT2D eigenvalue weighted by atomic mass is 10.0. The molecule has 0 aliphatic rings.